The van der Waals surface area contributed by atoms with Gasteiger partial charge in [-0.1, -0.05) is 78.7 Å². The van der Waals surface area contributed by atoms with Gasteiger partial charge in [-0.3, -0.25) is 9.59 Å². The van der Waals surface area contributed by atoms with Crippen molar-refractivity contribution in [1.82, 2.24) is 10.2 Å². The molecule has 34 heavy (non-hydrogen) atoms. The molecule has 1 saturated carbocycles. The molecule has 0 spiro atoms. The maximum atomic E-state index is 13.4. The van der Waals surface area contributed by atoms with Crippen molar-refractivity contribution < 1.29 is 14.3 Å². The van der Waals surface area contributed by atoms with Crippen LogP contribution in [0.3, 0.4) is 0 Å². The van der Waals surface area contributed by atoms with E-state index in [1.54, 1.807) is 36.4 Å². The van der Waals surface area contributed by atoms with Crippen LogP contribution >= 0.6 is 46.4 Å². The maximum Gasteiger partial charge on any atom is 0.261 e. The van der Waals surface area contributed by atoms with Crippen LogP contribution < -0.4 is 10.1 Å². The molecule has 0 saturated heterocycles. The minimum Gasteiger partial charge on any atom is -0.482 e. The molecule has 0 radical (unpaired) electrons. The van der Waals surface area contributed by atoms with Gasteiger partial charge in [-0.05, 0) is 55.2 Å². The van der Waals surface area contributed by atoms with Gasteiger partial charge < -0.3 is 15.0 Å². The van der Waals surface area contributed by atoms with Gasteiger partial charge in [-0.15, -0.1) is 0 Å². The van der Waals surface area contributed by atoms with Crippen LogP contribution in [0, 0.1) is 0 Å². The fraction of sp³-hybridized carbons (Fsp3) is 0.440. The third kappa shape index (κ3) is 7.42. The zero-order chi connectivity index (χ0) is 24.7. The molecule has 1 atom stereocenters. The second-order valence-corrected chi connectivity index (χ2v) is 10.1. The maximum absolute atomic E-state index is 13.4. The van der Waals surface area contributed by atoms with Crippen LogP contribution in [0.5, 0.6) is 5.75 Å². The predicted octanol–water partition coefficient (Wildman–Crippen LogP) is 6.94. The van der Waals surface area contributed by atoms with E-state index in [1.807, 2.05) is 6.92 Å². The standard InChI is InChI=1S/C25H28Cl4N2O3/c1-2-22(25(33)30-19-6-4-3-5-7-19)31(14-16-8-9-17(26)12-20(16)28)24(32)15-34-23-11-10-18(27)13-21(23)29/h8-13,19,22H,2-7,14-15H2,1H3,(H,30,33). The average molecular weight is 546 g/mol. The molecule has 0 aliphatic heterocycles. The van der Waals surface area contributed by atoms with Crippen LogP contribution in [0.1, 0.15) is 51.0 Å². The molecule has 1 N–H and O–H groups in total. The van der Waals surface area contributed by atoms with E-state index in [4.69, 9.17) is 51.1 Å². The van der Waals surface area contributed by atoms with Crippen molar-refractivity contribution >= 4 is 58.2 Å². The van der Waals surface area contributed by atoms with Gasteiger partial charge in [0.15, 0.2) is 6.61 Å². The number of nitrogens with zero attached hydrogens (tertiary/aromatic N) is 1. The fourth-order valence-corrected chi connectivity index (χ4v) is 5.04. The van der Waals surface area contributed by atoms with Crippen LogP contribution in [0.15, 0.2) is 36.4 Å². The summed E-state index contributed by atoms with van der Waals surface area (Å²) in [6.07, 6.45) is 5.74. The summed E-state index contributed by atoms with van der Waals surface area (Å²) in [4.78, 5) is 28.1. The number of rotatable bonds is 9. The van der Waals surface area contributed by atoms with E-state index in [1.165, 1.54) is 11.3 Å². The molecule has 3 rings (SSSR count). The Balaban J connectivity index is 1.80. The normalized spacial score (nSPS) is 15.0. The molecule has 1 aliphatic carbocycles. The van der Waals surface area contributed by atoms with Crippen molar-refractivity contribution in [3.63, 3.8) is 0 Å². The van der Waals surface area contributed by atoms with Crippen molar-refractivity contribution in [3.05, 3.63) is 62.1 Å². The Morgan fingerprint density at radius 1 is 1.00 bits per heavy atom. The first kappa shape index (κ1) is 26.9. The summed E-state index contributed by atoms with van der Waals surface area (Å²) in [5.41, 5.74) is 0.688. The highest BCUT2D eigenvalue weighted by Gasteiger charge is 2.31. The molecule has 0 heterocycles. The third-order valence-electron chi connectivity index (χ3n) is 5.94. The van der Waals surface area contributed by atoms with Crippen molar-refractivity contribution in [2.45, 2.75) is 64.1 Å². The second-order valence-electron chi connectivity index (χ2n) is 8.39. The largest absolute Gasteiger partial charge is 0.482 e. The zero-order valence-electron chi connectivity index (χ0n) is 19.0. The minimum absolute atomic E-state index is 0.135. The summed E-state index contributed by atoms with van der Waals surface area (Å²) in [6, 6.07) is 9.32. The van der Waals surface area contributed by atoms with Crippen LogP contribution in [-0.4, -0.2) is 35.4 Å². The number of amides is 2. The van der Waals surface area contributed by atoms with E-state index in [0.717, 1.165) is 25.7 Å². The van der Waals surface area contributed by atoms with Gasteiger partial charge in [-0.2, -0.15) is 0 Å². The van der Waals surface area contributed by atoms with Crippen LogP contribution in [-0.2, 0) is 16.1 Å². The van der Waals surface area contributed by atoms with Crippen LogP contribution in [0.2, 0.25) is 20.1 Å². The summed E-state index contributed by atoms with van der Waals surface area (Å²) < 4.78 is 5.68. The van der Waals surface area contributed by atoms with Crippen molar-refractivity contribution in [2.24, 2.45) is 0 Å². The number of halogens is 4. The molecule has 0 aromatic heterocycles. The third-order valence-corrected chi connectivity index (χ3v) is 7.06. The Bertz CT molecular complexity index is 1010. The minimum atomic E-state index is -0.675. The number of hydrogen-bond acceptors (Lipinski definition) is 3. The van der Waals surface area contributed by atoms with E-state index >= 15 is 0 Å². The molecule has 1 unspecified atom stereocenters. The Labute approximate surface area is 220 Å². The molecule has 2 aromatic carbocycles. The first-order valence-corrected chi connectivity index (χ1v) is 12.9. The lowest BCUT2D eigenvalue weighted by molar-refractivity contribution is -0.143. The Kier molecular flexibility index (Phi) is 10.2. The SMILES string of the molecule is CCC(C(=O)NC1CCCCC1)N(Cc1ccc(Cl)cc1Cl)C(=O)COc1ccc(Cl)cc1Cl. The Morgan fingerprint density at radius 2 is 1.65 bits per heavy atom. The van der Waals surface area contributed by atoms with Crippen LogP contribution in [0.25, 0.3) is 0 Å². The topological polar surface area (TPSA) is 58.6 Å². The van der Waals surface area contributed by atoms with Crippen molar-refractivity contribution in [3.8, 4) is 5.75 Å². The summed E-state index contributed by atoms with van der Waals surface area (Å²) in [7, 11) is 0. The molecular weight excluding hydrogens is 518 g/mol. The lowest BCUT2D eigenvalue weighted by Gasteiger charge is -2.33. The molecular formula is C25H28Cl4N2O3. The fourth-order valence-electron chi connectivity index (χ4n) is 4.11. The molecule has 1 fully saturated rings. The Hall–Kier alpha value is -1.66. The highest BCUT2D eigenvalue weighted by Crippen LogP contribution is 2.28. The van der Waals surface area contributed by atoms with Gasteiger partial charge in [0.2, 0.25) is 5.91 Å². The lowest BCUT2D eigenvalue weighted by Crippen LogP contribution is -2.52. The number of nitrogens with one attached hydrogen (secondary N) is 1. The number of carbonyl (C=O) groups is 2. The lowest BCUT2D eigenvalue weighted by atomic mass is 9.95. The summed E-state index contributed by atoms with van der Waals surface area (Å²) in [5.74, 6) is -0.191. The quantitative estimate of drug-likeness (QED) is 0.371. The molecule has 5 nitrogen and oxygen atoms in total. The van der Waals surface area contributed by atoms with Gasteiger partial charge in [0, 0.05) is 27.7 Å². The van der Waals surface area contributed by atoms with Gasteiger partial charge in [-0.25, -0.2) is 0 Å². The van der Waals surface area contributed by atoms with Gasteiger partial charge in [0.05, 0.1) is 5.02 Å². The van der Waals surface area contributed by atoms with Crippen molar-refractivity contribution in [2.75, 3.05) is 6.61 Å². The van der Waals surface area contributed by atoms with E-state index < -0.39 is 6.04 Å². The first-order chi connectivity index (χ1) is 16.3. The summed E-state index contributed by atoms with van der Waals surface area (Å²) in [6.45, 7) is 1.73. The molecule has 184 valence electrons. The molecule has 2 aromatic rings. The number of ether oxygens (including phenoxy) is 1. The van der Waals surface area contributed by atoms with E-state index in [-0.39, 0.29) is 31.0 Å². The van der Waals surface area contributed by atoms with Gasteiger partial charge >= 0.3 is 0 Å². The van der Waals surface area contributed by atoms with Crippen LogP contribution in [0.4, 0.5) is 0 Å². The number of carbonyl (C=O) groups excluding carboxylic acids is 2. The van der Waals surface area contributed by atoms with Gasteiger partial charge in [0.1, 0.15) is 11.8 Å². The zero-order valence-corrected chi connectivity index (χ0v) is 22.0. The first-order valence-electron chi connectivity index (χ1n) is 11.4. The van der Waals surface area contributed by atoms with Crippen molar-refractivity contribution in [1.29, 1.82) is 0 Å². The monoisotopic (exact) mass is 544 g/mol. The molecule has 0 bridgehead atoms. The molecule has 2 amide bonds. The van der Waals surface area contributed by atoms with E-state index in [0.29, 0.717) is 37.8 Å². The van der Waals surface area contributed by atoms with E-state index in [9.17, 15) is 9.59 Å². The number of benzene rings is 2. The van der Waals surface area contributed by atoms with Gasteiger partial charge in [0.25, 0.3) is 5.91 Å². The second kappa shape index (κ2) is 12.9. The molecule has 1 aliphatic rings. The highest BCUT2D eigenvalue weighted by molar-refractivity contribution is 6.35. The summed E-state index contributed by atoms with van der Waals surface area (Å²) in [5, 5.41) is 4.83. The smallest absolute Gasteiger partial charge is 0.261 e. The number of hydrogen-bond donors (Lipinski definition) is 1. The predicted molar refractivity (Wildman–Crippen MR) is 138 cm³/mol. The highest BCUT2D eigenvalue weighted by atomic mass is 35.5. The van der Waals surface area contributed by atoms with E-state index in [2.05, 4.69) is 5.32 Å². The average Bonchev–Trinajstić information content (AvgIpc) is 2.80. The summed E-state index contributed by atoms with van der Waals surface area (Å²) >= 11 is 24.5. The molecule has 9 heteroatoms. The Morgan fingerprint density at radius 3 is 2.26 bits per heavy atom.